The standard InChI is InChI=1S/C28H30ClN5O2/c29-23-5-7-26(34(31)18-30)25(16-23)22-4-6-24(32-17-22)15-19-2-1-3-21(14-19)20-8-11-33(12-9-20)28(35)27-10-13-36-27/h1-7,14,16-18,20,27,30H,8-13,15,31H2. The number of carbonyl (C=O) groups is 1. The molecular weight excluding hydrogens is 474 g/mol. The van der Waals surface area contributed by atoms with Crippen molar-refractivity contribution in [3.8, 4) is 11.1 Å². The Morgan fingerprint density at radius 3 is 2.64 bits per heavy atom. The zero-order chi connectivity index (χ0) is 25.1. The van der Waals surface area contributed by atoms with Gasteiger partial charge in [-0.2, -0.15) is 0 Å². The van der Waals surface area contributed by atoms with Gasteiger partial charge in [0.1, 0.15) is 12.4 Å². The number of rotatable bonds is 7. The number of likely N-dealkylation sites (tertiary alicyclic amines) is 1. The Kier molecular flexibility index (Phi) is 7.32. The Hall–Kier alpha value is -3.26. The minimum atomic E-state index is -0.209. The van der Waals surface area contributed by atoms with Gasteiger partial charge in [0, 0.05) is 54.0 Å². The first-order valence-electron chi connectivity index (χ1n) is 12.3. The van der Waals surface area contributed by atoms with Crippen LogP contribution in [0.1, 0.15) is 42.0 Å². The van der Waals surface area contributed by atoms with Crippen LogP contribution in [0.5, 0.6) is 0 Å². The normalized spacial score (nSPS) is 17.9. The van der Waals surface area contributed by atoms with E-state index < -0.39 is 0 Å². The average molecular weight is 504 g/mol. The highest BCUT2D eigenvalue weighted by Crippen LogP contribution is 2.33. The second kappa shape index (κ2) is 10.8. The molecule has 2 aliphatic rings. The fourth-order valence-corrected chi connectivity index (χ4v) is 5.13. The molecule has 0 saturated carbocycles. The lowest BCUT2D eigenvalue weighted by atomic mass is 9.88. The second-order valence-corrected chi connectivity index (χ2v) is 9.84. The van der Waals surface area contributed by atoms with E-state index in [1.165, 1.54) is 16.1 Å². The molecule has 1 aromatic heterocycles. The van der Waals surface area contributed by atoms with E-state index >= 15 is 0 Å². The topological polar surface area (TPSA) is 95.5 Å². The van der Waals surface area contributed by atoms with Crippen LogP contribution in [0.4, 0.5) is 5.69 Å². The molecule has 0 radical (unpaired) electrons. The molecule has 5 rings (SSSR count). The zero-order valence-electron chi connectivity index (χ0n) is 20.1. The molecular formula is C28H30ClN5O2. The molecule has 1 atom stereocenters. The lowest BCUT2D eigenvalue weighted by molar-refractivity contribution is -0.157. The van der Waals surface area contributed by atoms with Gasteiger partial charge in [0.2, 0.25) is 0 Å². The predicted molar refractivity (Wildman–Crippen MR) is 142 cm³/mol. The van der Waals surface area contributed by atoms with Crippen molar-refractivity contribution in [3.63, 3.8) is 0 Å². The summed E-state index contributed by atoms with van der Waals surface area (Å²) in [6.45, 7) is 2.29. The van der Waals surface area contributed by atoms with Crippen molar-refractivity contribution in [3.05, 3.63) is 82.6 Å². The molecule has 8 heteroatoms. The number of hydrogen-bond acceptors (Lipinski definition) is 5. The maximum atomic E-state index is 12.4. The molecule has 0 aliphatic carbocycles. The molecule has 2 saturated heterocycles. The zero-order valence-corrected chi connectivity index (χ0v) is 20.8. The number of amides is 1. The predicted octanol–water partition coefficient (Wildman–Crippen LogP) is 4.77. The van der Waals surface area contributed by atoms with Gasteiger partial charge >= 0.3 is 0 Å². The number of hydrogen-bond donors (Lipinski definition) is 2. The van der Waals surface area contributed by atoms with Crippen LogP contribution in [-0.2, 0) is 16.0 Å². The van der Waals surface area contributed by atoms with Gasteiger partial charge in [0.25, 0.3) is 5.91 Å². The first-order chi connectivity index (χ1) is 17.5. The van der Waals surface area contributed by atoms with Gasteiger partial charge in [-0.3, -0.25) is 20.2 Å². The van der Waals surface area contributed by atoms with Crippen molar-refractivity contribution in [2.75, 3.05) is 24.7 Å². The largest absolute Gasteiger partial charge is 0.368 e. The molecule has 2 aromatic carbocycles. The Morgan fingerprint density at radius 2 is 1.97 bits per heavy atom. The lowest BCUT2D eigenvalue weighted by Gasteiger charge is -2.36. The van der Waals surface area contributed by atoms with Crippen LogP contribution in [0.25, 0.3) is 11.1 Å². The van der Waals surface area contributed by atoms with Crippen molar-refractivity contribution < 1.29 is 9.53 Å². The third-order valence-corrected chi connectivity index (χ3v) is 7.34. The third kappa shape index (κ3) is 5.28. The molecule has 3 heterocycles. The number of nitrogens with one attached hydrogen (secondary N) is 1. The SMILES string of the molecule is N=CN(N)c1ccc(Cl)cc1-c1ccc(Cc2cccc(C3CCN(C(=O)C4CCO4)CC3)c2)nc1. The number of pyridine rings is 1. The Bertz CT molecular complexity index is 1240. The smallest absolute Gasteiger partial charge is 0.251 e. The van der Waals surface area contributed by atoms with E-state index in [-0.39, 0.29) is 12.0 Å². The van der Waals surface area contributed by atoms with Crippen LogP contribution in [0.15, 0.2) is 60.8 Å². The highest BCUT2D eigenvalue weighted by molar-refractivity contribution is 6.31. The summed E-state index contributed by atoms with van der Waals surface area (Å²) in [4.78, 5) is 19.1. The second-order valence-electron chi connectivity index (χ2n) is 9.41. The van der Waals surface area contributed by atoms with E-state index in [1.807, 2.05) is 29.3 Å². The molecule has 36 heavy (non-hydrogen) atoms. The number of ether oxygens (including phenoxy) is 1. The van der Waals surface area contributed by atoms with E-state index in [0.29, 0.717) is 23.2 Å². The molecule has 3 aromatic rings. The van der Waals surface area contributed by atoms with Gasteiger partial charge in [-0.05, 0) is 54.2 Å². The molecule has 186 valence electrons. The van der Waals surface area contributed by atoms with Crippen molar-refractivity contribution in [2.45, 2.75) is 37.7 Å². The maximum absolute atomic E-state index is 12.4. The van der Waals surface area contributed by atoms with Gasteiger partial charge in [0.05, 0.1) is 12.3 Å². The number of halogens is 1. The third-order valence-electron chi connectivity index (χ3n) is 7.10. The Labute approximate surface area is 216 Å². The van der Waals surface area contributed by atoms with E-state index in [1.54, 1.807) is 12.1 Å². The summed E-state index contributed by atoms with van der Waals surface area (Å²) < 4.78 is 5.37. The fourth-order valence-electron chi connectivity index (χ4n) is 4.96. The van der Waals surface area contributed by atoms with Crippen LogP contribution >= 0.6 is 11.6 Å². The summed E-state index contributed by atoms with van der Waals surface area (Å²) in [7, 11) is 0. The van der Waals surface area contributed by atoms with E-state index in [2.05, 4.69) is 24.3 Å². The number of nitrogens with two attached hydrogens (primary N) is 1. The molecule has 1 amide bonds. The number of anilines is 1. The first kappa shape index (κ1) is 24.4. The number of nitrogens with zero attached hydrogens (tertiary/aromatic N) is 3. The molecule has 0 spiro atoms. The van der Waals surface area contributed by atoms with E-state index in [9.17, 15) is 4.79 Å². The number of benzene rings is 2. The molecule has 0 bridgehead atoms. The van der Waals surface area contributed by atoms with Crippen molar-refractivity contribution in [2.24, 2.45) is 5.84 Å². The Balaban J connectivity index is 1.25. The highest BCUT2D eigenvalue weighted by atomic mass is 35.5. The Morgan fingerprint density at radius 1 is 1.17 bits per heavy atom. The van der Waals surface area contributed by atoms with Crippen molar-refractivity contribution in [1.29, 1.82) is 5.41 Å². The van der Waals surface area contributed by atoms with Crippen LogP contribution in [-0.4, -0.2) is 47.9 Å². The minimum Gasteiger partial charge on any atom is -0.368 e. The van der Waals surface area contributed by atoms with Crippen LogP contribution in [0, 0.1) is 5.41 Å². The summed E-state index contributed by atoms with van der Waals surface area (Å²) in [6, 6.07) is 18.1. The van der Waals surface area contributed by atoms with Gasteiger partial charge in [0.15, 0.2) is 0 Å². The van der Waals surface area contributed by atoms with E-state index in [4.69, 9.17) is 32.6 Å². The maximum Gasteiger partial charge on any atom is 0.251 e. The van der Waals surface area contributed by atoms with Gasteiger partial charge in [-0.15, -0.1) is 0 Å². The summed E-state index contributed by atoms with van der Waals surface area (Å²) in [5.41, 5.74) is 5.91. The van der Waals surface area contributed by atoms with Gasteiger partial charge < -0.3 is 9.64 Å². The summed E-state index contributed by atoms with van der Waals surface area (Å²) in [5, 5.41) is 9.32. The van der Waals surface area contributed by atoms with Gasteiger partial charge in [-0.25, -0.2) is 5.84 Å². The van der Waals surface area contributed by atoms with Crippen molar-refractivity contribution >= 4 is 29.5 Å². The lowest BCUT2D eigenvalue weighted by Crippen LogP contribution is -2.48. The number of carbonyl (C=O) groups excluding carboxylic acids is 1. The van der Waals surface area contributed by atoms with Crippen LogP contribution < -0.4 is 10.9 Å². The minimum absolute atomic E-state index is 0.157. The average Bonchev–Trinajstić information content (AvgIpc) is 2.88. The fraction of sp³-hybridized carbons (Fsp3) is 0.321. The summed E-state index contributed by atoms with van der Waals surface area (Å²) >= 11 is 6.22. The highest BCUT2D eigenvalue weighted by Gasteiger charge is 2.32. The van der Waals surface area contributed by atoms with Gasteiger partial charge in [-0.1, -0.05) is 41.9 Å². The molecule has 7 nitrogen and oxygen atoms in total. The number of aromatic nitrogens is 1. The van der Waals surface area contributed by atoms with Crippen LogP contribution in [0.2, 0.25) is 5.02 Å². The molecule has 2 aliphatic heterocycles. The summed E-state index contributed by atoms with van der Waals surface area (Å²) in [5.74, 6) is 6.55. The molecule has 2 fully saturated rings. The van der Waals surface area contributed by atoms with Crippen LogP contribution in [0.3, 0.4) is 0 Å². The number of hydrazine groups is 1. The monoisotopic (exact) mass is 503 g/mol. The first-order valence-corrected chi connectivity index (χ1v) is 12.7. The van der Waals surface area contributed by atoms with E-state index in [0.717, 1.165) is 61.9 Å². The summed E-state index contributed by atoms with van der Waals surface area (Å²) in [6.07, 6.45) is 6.22. The number of piperidine rings is 1. The van der Waals surface area contributed by atoms with Crippen molar-refractivity contribution in [1.82, 2.24) is 9.88 Å². The quantitative estimate of drug-likeness (QED) is 0.209. The molecule has 3 N–H and O–H groups in total. The molecule has 1 unspecified atom stereocenters.